The second kappa shape index (κ2) is 58.1. The molecule has 12 unspecified atom stereocenters. The van der Waals surface area contributed by atoms with E-state index in [1.165, 1.54) is 250 Å². The summed E-state index contributed by atoms with van der Waals surface area (Å²) in [6, 6.07) is -0.937. The van der Waals surface area contributed by atoms with Gasteiger partial charge in [0.1, 0.15) is 48.8 Å². The summed E-state index contributed by atoms with van der Waals surface area (Å²) in [5.41, 5.74) is 0. The van der Waals surface area contributed by atoms with Crippen molar-refractivity contribution in [1.29, 1.82) is 0 Å². The fraction of sp³-hybridized carbons (Fsp3) is 0.904. The smallest absolute Gasteiger partial charge is 0.220 e. The lowest BCUT2D eigenvalue weighted by atomic mass is 9.97. The largest absolute Gasteiger partial charge is 0.394 e. The summed E-state index contributed by atoms with van der Waals surface area (Å²) in [6.45, 7) is 2.83. The van der Waals surface area contributed by atoms with E-state index in [4.69, 9.17) is 18.9 Å². The van der Waals surface area contributed by atoms with Gasteiger partial charge in [-0.2, -0.15) is 0 Å². The highest BCUT2D eigenvalue weighted by atomic mass is 16.7. The second-order valence-corrected chi connectivity index (χ2v) is 26.1. The Morgan fingerprint density at radius 2 is 0.736 bits per heavy atom. The number of unbranched alkanes of at least 4 members (excludes halogenated alkanes) is 44. The van der Waals surface area contributed by atoms with Crippen molar-refractivity contribution in [3.8, 4) is 0 Å². The third kappa shape index (κ3) is 42.1. The molecule has 12 atom stereocenters. The van der Waals surface area contributed by atoms with Gasteiger partial charge in [0.2, 0.25) is 5.91 Å². The van der Waals surface area contributed by atoms with Crippen LogP contribution in [0, 0.1) is 0 Å². The Labute approximate surface area is 531 Å². The van der Waals surface area contributed by atoms with Gasteiger partial charge in [-0.15, -0.1) is 0 Å². The number of hydrogen-bond donors (Lipinski definition) is 9. The Hall–Kier alpha value is -1.79. The summed E-state index contributed by atoms with van der Waals surface area (Å²) in [7, 11) is 0. The van der Waals surface area contributed by atoms with Crippen LogP contribution in [0.1, 0.15) is 328 Å². The highest BCUT2D eigenvalue weighted by Gasteiger charge is 2.51. The molecule has 0 saturated carbocycles. The standard InChI is InChI=1S/C73H137NO13/c1-3-5-7-9-11-13-15-17-19-21-23-25-27-29-30-31-32-33-35-37-39-41-43-45-47-49-51-53-55-57-65(78)74-61(60-84-72-70(83)68(81)71(64(59-76)86-72)87-73-69(82)67(80)66(79)63(58-75)85-73)62(77)56-54-52-50-48-46-44-42-40-38-36-34-28-26-24-22-20-18-16-14-12-10-8-6-4-2/h38,40,46,48,54,56,61-64,66-73,75-77,79-83H,3-37,39,41-45,47,49-53,55,57-60H2,1-2H3,(H,74,78)/b40-38+,48-46+,56-54+. The molecule has 2 heterocycles. The Morgan fingerprint density at radius 1 is 0.402 bits per heavy atom. The van der Waals surface area contributed by atoms with E-state index in [1.807, 2.05) is 6.08 Å². The van der Waals surface area contributed by atoms with Crippen LogP contribution in [0.4, 0.5) is 0 Å². The summed E-state index contributed by atoms with van der Waals surface area (Å²) in [4.78, 5) is 13.3. The molecule has 0 aromatic heterocycles. The van der Waals surface area contributed by atoms with Gasteiger partial charge in [0, 0.05) is 6.42 Å². The maximum atomic E-state index is 13.3. The van der Waals surface area contributed by atoms with Gasteiger partial charge in [0.15, 0.2) is 12.6 Å². The van der Waals surface area contributed by atoms with E-state index in [0.29, 0.717) is 12.8 Å². The van der Waals surface area contributed by atoms with E-state index >= 15 is 0 Å². The van der Waals surface area contributed by atoms with Crippen molar-refractivity contribution in [1.82, 2.24) is 5.32 Å². The van der Waals surface area contributed by atoms with Crippen LogP contribution in [0.2, 0.25) is 0 Å². The molecule has 2 saturated heterocycles. The first-order valence-corrected chi connectivity index (χ1v) is 36.7. The maximum Gasteiger partial charge on any atom is 0.220 e. The minimum atomic E-state index is -1.79. The molecule has 14 heteroatoms. The molecule has 1 amide bonds. The van der Waals surface area contributed by atoms with Gasteiger partial charge in [-0.1, -0.05) is 314 Å². The number of hydrogen-bond acceptors (Lipinski definition) is 13. The average Bonchev–Trinajstić information content (AvgIpc) is 1.62. The van der Waals surface area contributed by atoms with Crippen LogP contribution < -0.4 is 5.32 Å². The highest BCUT2D eigenvalue weighted by Crippen LogP contribution is 2.30. The average molecular weight is 1240 g/mol. The first-order chi connectivity index (χ1) is 42.6. The minimum absolute atomic E-state index is 0.246. The summed E-state index contributed by atoms with van der Waals surface area (Å²) < 4.78 is 22.9. The normalized spacial score (nSPS) is 23.4. The number of rotatable bonds is 61. The Bertz CT molecular complexity index is 1600. The fourth-order valence-corrected chi connectivity index (χ4v) is 12.2. The molecule has 0 aromatic carbocycles. The number of nitrogens with one attached hydrogen (secondary N) is 1. The number of carbonyl (C=O) groups excluding carboxylic acids is 1. The highest BCUT2D eigenvalue weighted by molar-refractivity contribution is 5.76. The predicted molar refractivity (Wildman–Crippen MR) is 355 cm³/mol. The minimum Gasteiger partial charge on any atom is -0.394 e. The van der Waals surface area contributed by atoms with Crippen LogP contribution in [0.5, 0.6) is 0 Å². The lowest BCUT2D eigenvalue weighted by Gasteiger charge is -2.46. The van der Waals surface area contributed by atoms with Crippen LogP contribution in [0.15, 0.2) is 36.5 Å². The van der Waals surface area contributed by atoms with E-state index < -0.39 is 86.8 Å². The number of ether oxygens (including phenoxy) is 4. The predicted octanol–water partition coefficient (Wildman–Crippen LogP) is 15.3. The van der Waals surface area contributed by atoms with Gasteiger partial charge >= 0.3 is 0 Å². The van der Waals surface area contributed by atoms with Crippen LogP contribution in [-0.2, 0) is 23.7 Å². The van der Waals surface area contributed by atoms with Crippen LogP contribution in [0.25, 0.3) is 0 Å². The van der Waals surface area contributed by atoms with Crippen molar-refractivity contribution in [2.45, 2.75) is 402 Å². The third-order valence-corrected chi connectivity index (χ3v) is 18.1. The molecule has 14 nitrogen and oxygen atoms in total. The first kappa shape index (κ1) is 81.3. The van der Waals surface area contributed by atoms with Gasteiger partial charge < -0.3 is 65.1 Å². The molecule has 9 N–H and O–H groups in total. The Balaban J connectivity index is 1.67. The summed E-state index contributed by atoms with van der Waals surface area (Å²) >= 11 is 0. The number of aliphatic hydroxyl groups is 8. The van der Waals surface area contributed by atoms with Crippen molar-refractivity contribution in [2.24, 2.45) is 0 Å². The van der Waals surface area contributed by atoms with Gasteiger partial charge in [-0.25, -0.2) is 0 Å². The zero-order chi connectivity index (χ0) is 63.1. The third-order valence-electron chi connectivity index (χ3n) is 18.1. The molecule has 2 rings (SSSR count). The van der Waals surface area contributed by atoms with Crippen molar-refractivity contribution in [3.63, 3.8) is 0 Å². The lowest BCUT2D eigenvalue weighted by Crippen LogP contribution is -2.65. The molecule has 0 radical (unpaired) electrons. The van der Waals surface area contributed by atoms with Gasteiger partial charge in [-0.3, -0.25) is 4.79 Å². The molecule has 2 aliphatic heterocycles. The van der Waals surface area contributed by atoms with Crippen LogP contribution in [0.3, 0.4) is 0 Å². The topological polar surface area (TPSA) is 228 Å². The zero-order valence-corrected chi connectivity index (χ0v) is 55.8. The number of aliphatic hydroxyl groups excluding tert-OH is 8. The maximum absolute atomic E-state index is 13.3. The molecule has 512 valence electrons. The van der Waals surface area contributed by atoms with Crippen molar-refractivity contribution in [3.05, 3.63) is 36.5 Å². The van der Waals surface area contributed by atoms with Crippen LogP contribution in [-0.4, -0.2) is 140 Å². The molecule has 2 aliphatic rings. The number of amides is 1. The molecule has 0 spiro atoms. The van der Waals surface area contributed by atoms with E-state index in [1.54, 1.807) is 6.08 Å². The molecular weight excluding hydrogens is 1100 g/mol. The SMILES string of the molecule is CCCCCCCCCCCCCCCC/C=C/CC/C=C/CC/C=C/C(O)C(COC1OC(CO)C(OC2OC(CO)C(O)C(O)C2O)C(O)C1O)NC(=O)CCCCCCCCCCCCCCCCCCCCCCCCCCCCCCC. The van der Waals surface area contributed by atoms with Crippen LogP contribution >= 0.6 is 0 Å². The van der Waals surface area contributed by atoms with Crippen molar-refractivity contribution in [2.75, 3.05) is 19.8 Å². The van der Waals surface area contributed by atoms with E-state index in [2.05, 4.69) is 43.5 Å². The van der Waals surface area contributed by atoms with Crippen molar-refractivity contribution >= 4 is 5.91 Å². The van der Waals surface area contributed by atoms with Gasteiger partial charge in [0.25, 0.3) is 0 Å². The number of carbonyl (C=O) groups is 1. The summed E-state index contributed by atoms with van der Waals surface area (Å²) in [5.74, 6) is -0.246. The first-order valence-electron chi connectivity index (χ1n) is 36.7. The molecule has 0 aliphatic carbocycles. The molecule has 2 fully saturated rings. The van der Waals surface area contributed by atoms with Gasteiger partial charge in [0.05, 0.1) is 32.0 Å². The quantitative estimate of drug-likeness (QED) is 0.0204. The molecular formula is C73H137NO13. The fourth-order valence-electron chi connectivity index (χ4n) is 12.2. The molecule has 0 bridgehead atoms. The van der Waals surface area contributed by atoms with Crippen molar-refractivity contribution < 1.29 is 64.6 Å². The summed E-state index contributed by atoms with van der Waals surface area (Å²) in [6.07, 6.45) is 57.9. The van der Waals surface area contributed by atoms with E-state index in [9.17, 15) is 45.6 Å². The lowest BCUT2D eigenvalue weighted by molar-refractivity contribution is -0.359. The second-order valence-electron chi connectivity index (χ2n) is 26.1. The molecule has 87 heavy (non-hydrogen) atoms. The zero-order valence-electron chi connectivity index (χ0n) is 55.8. The Kier molecular flexibility index (Phi) is 54.3. The number of allylic oxidation sites excluding steroid dienone is 5. The van der Waals surface area contributed by atoms with E-state index in [-0.39, 0.29) is 18.9 Å². The summed E-state index contributed by atoms with van der Waals surface area (Å²) in [5, 5.41) is 87.5. The van der Waals surface area contributed by atoms with Gasteiger partial charge in [-0.05, 0) is 44.9 Å². The monoisotopic (exact) mass is 1240 g/mol. The molecule has 0 aromatic rings. The van der Waals surface area contributed by atoms with E-state index in [0.717, 1.165) is 44.9 Å². The Morgan fingerprint density at radius 3 is 1.13 bits per heavy atom.